The van der Waals surface area contributed by atoms with Crippen LogP contribution in [0.2, 0.25) is 0 Å². The summed E-state index contributed by atoms with van der Waals surface area (Å²) in [5.74, 6) is 0.829. The third-order valence-electron chi connectivity index (χ3n) is 3.37. The molecule has 0 saturated carbocycles. The van der Waals surface area contributed by atoms with E-state index in [1.165, 1.54) is 5.56 Å². The molecular weight excluding hydrogens is 264 g/mol. The van der Waals surface area contributed by atoms with Gasteiger partial charge >= 0.3 is 0 Å². The number of hydrogen-bond donors (Lipinski definition) is 2. The number of fused-ring (bicyclic) bond motifs is 1. The number of nitrogens with two attached hydrogens (primary N) is 1. The summed E-state index contributed by atoms with van der Waals surface area (Å²) >= 11 is 0. The molecule has 0 aliphatic rings. The van der Waals surface area contributed by atoms with Crippen molar-refractivity contribution in [2.75, 3.05) is 12.3 Å². The second-order valence-electron chi connectivity index (χ2n) is 5.01. The fraction of sp³-hybridized carbons (Fsp3) is 0.438. The molecule has 1 heterocycles. The second kappa shape index (κ2) is 7.13. The van der Waals surface area contributed by atoms with E-state index in [0.717, 1.165) is 35.9 Å². The molecule has 0 aliphatic carbocycles. The van der Waals surface area contributed by atoms with Gasteiger partial charge in [0.15, 0.2) is 5.82 Å². The fourth-order valence-corrected chi connectivity index (χ4v) is 2.29. The average Bonchev–Trinajstić information content (AvgIpc) is 2.47. The van der Waals surface area contributed by atoms with Crippen molar-refractivity contribution in [3.8, 4) is 0 Å². The lowest BCUT2D eigenvalue weighted by Gasteiger charge is -2.07. The van der Waals surface area contributed by atoms with Gasteiger partial charge in [0, 0.05) is 24.1 Å². The molecule has 0 atom stereocenters. The third-order valence-corrected chi connectivity index (χ3v) is 3.37. The molecule has 2 aromatic rings. The van der Waals surface area contributed by atoms with Crippen LogP contribution in [0.1, 0.15) is 38.7 Å². The van der Waals surface area contributed by atoms with E-state index in [2.05, 4.69) is 34.9 Å². The van der Waals surface area contributed by atoms with Crippen LogP contribution in [0.15, 0.2) is 23.2 Å². The predicted molar refractivity (Wildman–Crippen MR) is 87.0 cm³/mol. The number of rotatable bonds is 6. The third kappa shape index (κ3) is 3.76. The summed E-state index contributed by atoms with van der Waals surface area (Å²) in [6.45, 7) is 4.29. The lowest BCUT2D eigenvalue weighted by molar-refractivity contribution is 0.306. The van der Waals surface area contributed by atoms with Crippen LogP contribution in [0.4, 0.5) is 11.8 Å². The Labute approximate surface area is 125 Å². The normalized spacial score (nSPS) is 12.0. The van der Waals surface area contributed by atoms with Gasteiger partial charge in [-0.05, 0) is 30.5 Å². The first kappa shape index (κ1) is 15.4. The van der Waals surface area contributed by atoms with Crippen LogP contribution in [0, 0.1) is 0 Å². The first-order valence-corrected chi connectivity index (χ1v) is 7.41. The number of aromatic nitrogens is 2. The van der Waals surface area contributed by atoms with Crippen LogP contribution in [-0.4, -0.2) is 27.4 Å². The van der Waals surface area contributed by atoms with E-state index >= 15 is 0 Å². The highest BCUT2D eigenvalue weighted by Gasteiger charge is 2.08. The van der Waals surface area contributed by atoms with Gasteiger partial charge in [0.2, 0.25) is 5.95 Å². The van der Waals surface area contributed by atoms with Gasteiger partial charge in [-0.15, -0.1) is 0 Å². The highest BCUT2D eigenvalue weighted by molar-refractivity contribution is 5.94. The van der Waals surface area contributed by atoms with E-state index in [0.29, 0.717) is 12.2 Å². The molecule has 0 saturated heterocycles. The Morgan fingerprint density at radius 1 is 1.24 bits per heavy atom. The summed E-state index contributed by atoms with van der Waals surface area (Å²) in [6.07, 6.45) is 3.34. The Kier molecular flexibility index (Phi) is 5.22. The topological polar surface area (TPSA) is 84.4 Å². The van der Waals surface area contributed by atoms with E-state index < -0.39 is 0 Å². The molecule has 1 aromatic heterocycles. The maximum atomic E-state index is 9.15. The van der Waals surface area contributed by atoms with Gasteiger partial charge in [-0.2, -0.15) is 4.98 Å². The van der Waals surface area contributed by atoms with Crippen molar-refractivity contribution in [3.05, 3.63) is 23.8 Å². The molecule has 0 bridgehead atoms. The number of aryl methyl sites for hydroxylation is 1. The molecule has 21 heavy (non-hydrogen) atoms. The molecule has 0 radical (unpaired) electrons. The van der Waals surface area contributed by atoms with Gasteiger partial charge in [0.25, 0.3) is 0 Å². The molecule has 2 rings (SSSR count). The van der Waals surface area contributed by atoms with Gasteiger partial charge in [-0.3, -0.25) is 0 Å². The average molecular weight is 286 g/mol. The van der Waals surface area contributed by atoms with E-state index in [1.54, 1.807) is 0 Å². The standard InChI is InChI=1S/C16H22N4O/c1-3-5-12(8-9-21)18-15-13-10-11(4-2)6-7-14(13)19-16(17)20-15/h6-7,10,21H,3-5,8-9H2,1-2H3,(H2,17,19,20). The first-order valence-electron chi connectivity index (χ1n) is 7.41. The monoisotopic (exact) mass is 286 g/mol. The van der Waals surface area contributed by atoms with Crippen molar-refractivity contribution in [2.45, 2.75) is 39.5 Å². The minimum atomic E-state index is 0.0948. The van der Waals surface area contributed by atoms with Crippen molar-refractivity contribution in [2.24, 2.45) is 4.99 Å². The minimum Gasteiger partial charge on any atom is -0.396 e. The number of aliphatic imine (C=N–C) groups is 1. The Hall–Kier alpha value is -2.01. The summed E-state index contributed by atoms with van der Waals surface area (Å²) in [7, 11) is 0. The zero-order valence-electron chi connectivity index (χ0n) is 12.6. The molecule has 0 spiro atoms. The Morgan fingerprint density at radius 3 is 2.71 bits per heavy atom. The van der Waals surface area contributed by atoms with Crippen molar-refractivity contribution in [1.29, 1.82) is 0 Å². The predicted octanol–water partition coefficient (Wildman–Crippen LogP) is 3.03. The van der Waals surface area contributed by atoms with Crippen LogP contribution in [0.5, 0.6) is 0 Å². The van der Waals surface area contributed by atoms with Crippen LogP contribution in [0.3, 0.4) is 0 Å². The van der Waals surface area contributed by atoms with E-state index in [1.807, 2.05) is 12.1 Å². The summed E-state index contributed by atoms with van der Waals surface area (Å²) in [6, 6.07) is 6.07. The van der Waals surface area contributed by atoms with Crippen molar-refractivity contribution >= 4 is 28.4 Å². The number of aliphatic hydroxyl groups is 1. The lowest BCUT2D eigenvalue weighted by Crippen LogP contribution is -2.02. The minimum absolute atomic E-state index is 0.0948. The number of nitrogens with zero attached hydrogens (tertiary/aromatic N) is 3. The van der Waals surface area contributed by atoms with Crippen molar-refractivity contribution in [3.63, 3.8) is 0 Å². The summed E-state index contributed by atoms with van der Waals surface area (Å²) in [5.41, 5.74) is 8.74. The zero-order valence-corrected chi connectivity index (χ0v) is 12.6. The summed E-state index contributed by atoms with van der Waals surface area (Å²) < 4.78 is 0. The molecule has 0 amide bonds. The smallest absolute Gasteiger partial charge is 0.222 e. The van der Waals surface area contributed by atoms with Gasteiger partial charge in [-0.1, -0.05) is 26.3 Å². The molecule has 0 unspecified atom stereocenters. The molecular formula is C16H22N4O. The zero-order chi connectivity index (χ0) is 15.2. The van der Waals surface area contributed by atoms with Crippen LogP contribution < -0.4 is 5.73 Å². The van der Waals surface area contributed by atoms with E-state index in [-0.39, 0.29) is 12.6 Å². The second-order valence-corrected chi connectivity index (χ2v) is 5.01. The number of aliphatic hydroxyl groups excluding tert-OH is 1. The van der Waals surface area contributed by atoms with E-state index in [9.17, 15) is 0 Å². The van der Waals surface area contributed by atoms with Gasteiger partial charge in [-0.25, -0.2) is 9.98 Å². The molecule has 3 N–H and O–H groups in total. The summed E-state index contributed by atoms with van der Waals surface area (Å²) in [4.78, 5) is 13.2. The SMILES string of the molecule is CCCC(CCO)=Nc1nc(N)nc2ccc(CC)cc12. The van der Waals surface area contributed by atoms with Crippen molar-refractivity contribution < 1.29 is 5.11 Å². The van der Waals surface area contributed by atoms with Crippen LogP contribution >= 0.6 is 0 Å². The van der Waals surface area contributed by atoms with Crippen LogP contribution in [0.25, 0.3) is 10.9 Å². The molecule has 0 fully saturated rings. The number of benzene rings is 1. The molecule has 5 heteroatoms. The Balaban J connectivity index is 2.57. The number of hydrogen-bond acceptors (Lipinski definition) is 5. The number of anilines is 1. The maximum Gasteiger partial charge on any atom is 0.222 e. The first-order chi connectivity index (χ1) is 10.2. The van der Waals surface area contributed by atoms with Crippen LogP contribution in [-0.2, 0) is 6.42 Å². The summed E-state index contributed by atoms with van der Waals surface area (Å²) in [5, 5.41) is 10.1. The highest BCUT2D eigenvalue weighted by atomic mass is 16.3. The molecule has 1 aromatic carbocycles. The molecule has 112 valence electrons. The fourth-order valence-electron chi connectivity index (χ4n) is 2.29. The maximum absolute atomic E-state index is 9.15. The van der Waals surface area contributed by atoms with Gasteiger partial charge < -0.3 is 10.8 Å². The van der Waals surface area contributed by atoms with Gasteiger partial charge in [0.05, 0.1) is 5.52 Å². The quantitative estimate of drug-likeness (QED) is 0.799. The van der Waals surface area contributed by atoms with E-state index in [4.69, 9.17) is 10.8 Å². The number of nitrogen functional groups attached to an aromatic ring is 1. The van der Waals surface area contributed by atoms with Crippen molar-refractivity contribution in [1.82, 2.24) is 9.97 Å². The molecule has 5 nitrogen and oxygen atoms in total. The largest absolute Gasteiger partial charge is 0.396 e. The lowest BCUT2D eigenvalue weighted by atomic mass is 10.1. The van der Waals surface area contributed by atoms with Gasteiger partial charge in [0.1, 0.15) is 0 Å². The highest BCUT2D eigenvalue weighted by Crippen LogP contribution is 2.26. The molecule has 0 aliphatic heterocycles. The Morgan fingerprint density at radius 2 is 2.05 bits per heavy atom. The Bertz CT molecular complexity index is 644.